The number of hydrogen-bond acceptors (Lipinski definition) is 1. The quantitative estimate of drug-likeness (QED) is 0.657. The van der Waals surface area contributed by atoms with Crippen LogP contribution in [-0.2, 0) is 0 Å². The molecule has 86 valence electrons. The van der Waals surface area contributed by atoms with E-state index >= 15 is 0 Å². The van der Waals surface area contributed by atoms with Gasteiger partial charge in [-0.25, -0.2) is 0 Å². The molecule has 14 heavy (non-hydrogen) atoms. The van der Waals surface area contributed by atoms with Crippen molar-refractivity contribution in [2.45, 2.75) is 66.8 Å². The summed E-state index contributed by atoms with van der Waals surface area (Å²) in [5, 5.41) is 3.68. The number of hydrogen-bond donors (Lipinski definition) is 1. The molecular formula is C13H29N. The second-order valence-corrected chi connectivity index (χ2v) is 4.95. The summed E-state index contributed by atoms with van der Waals surface area (Å²) in [6, 6.07) is 0.674. The summed E-state index contributed by atoms with van der Waals surface area (Å²) < 4.78 is 0. The molecule has 0 radical (unpaired) electrons. The average molecular weight is 199 g/mol. The predicted molar refractivity (Wildman–Crippen MR) is 65.6 cm³/mol. The van der Waals surface area contributed by atoms with Crippen molar-refractivity contribution in [1.82, 2.24) is 5.32 Å². The Kier molecular flexibility index (Phi) is 6.43. The Morgan fingerprint density at radius 1 is 1.00 bits per heavy atom. The van der Waals surface area contributed by atoms with Gasteiger partial charge in [0.2, 0.25) is 0 Å². The lowest BCUT2D eigenvalue weighted by molar-refractivity contribution is 0.161. The fraction of sp³-hybridized carbons (Fsp3) is 1.00. The average Bonchev–Trinajstić information content (AvgIpc) is 2.18. The van der Waals surface area contributed by atoms with Crippen LogP contribution in [0.4, 0.5) is 0 Å². The van der Waals surface area contributed by atoms with E-state index in [4.69, 9.17) is 0 Å². The van der Waals surface area contributed by atoms with Gasteiger partial charge in [0.15, 0.2) is 0 Å². The number of rotatable bonds is 7. The first-order valence-electron chi connectivity index (χ1n) is 6.26. The second kappa shape index (κ2) is 6.44. The van der Waals surface area contributed by atoms with Crippen LogP contribution in [0.3, 0.4) is 0 Å². The highest BCUT2D eigenvalue weighted by molar-refractivity contribution is 4.87. The Balaban J connectivity index is 4.55. The van der Waals surface area contributed by atoms with Crippen molar-refractivity contribution in [2.75, 3.05) is 6.54 Å². The van der Waals surface area contributed by atoms with Gasteiger partial charge >= 0.3 is 0 Å². The summed E-state index contributed by atoms with van der Waals surface area (Å²) >= 11 is 0. The van der Waals surface area contributed by atoms with E-state index in [1.165, 1.54) is 19.3 Å². The normalized spacial score (nSPS) is 14.8. The lowest BCUT2D eigenvalue weighted by atomic mass is 9.73. The molecule has 1 unspecified atom stereocenters. The van der Waals surface area contributed by atoms with Crippen LogP contribution in [0.2, 0.25) is 0 Å². The first kappa shape index (κ1) is 14.0. The zero-order valence-corrected chi connectivity index (χ0v) is 11.0. The Morgan fingerprint density at radius 3 is 1.79 bits per heavy atom. The monoisotopic (exact) mass is 199 g/mol. The molecule has 1 atom stereocenters. The van der Waals surface area contributed by atoms with Crippen LogP contribution in [0.15, 0.2) is 0 Å². The summed E-state index contributed by atoms with van der Waals surface area (Å²) in [6.45, 7) is 15.0. The molecule has 0 aromatic rings. The zero-order chi connectivity index (χ0) is 11.2. The molecule has 0 heterocycles. The van der Waals surface area contributed by atoms with Gasteiger partial charge in [0.1, 0.15) is 0 Å². The van der Waals surface area contributed by atoms with Crippen molar-refractivity contribution in [1.29, 1.82) is 0 Å². The maximum Gasteiger partial charge on any atom is 0.0146 e. The molecule has 0 bridgehead atoms. The summed E-state index contributed by atoms with van der Waals surface area (Å²) in [4.78, 5) is 0. The molecule has 0 aromatic heterocycles. The van der Waals surface area contributed by atoms with E-state index in [2.05, 4.69) is 46.9 Å². The molecule has 0 aromatic carbocycles. The predicted octanol–water partition coefficient (Wildman–Crippen LogP) is 3.84. The third-order valence-corrected chi connectivity index (χ3v) is 3.70. The van der Waals surface area contributed by atoms with Crippen molar-refractivity contribution < 1.29 is 0 Å². The van der Waals surface area contributed by atoms with E-state index < -0.39 is 0 Å². The molecule has 0 saturated carbocycles. The van der Waals surface area contributed by atoms with Gasteiger partial charge in [-0.1, -0.05) is 54.4 Å². The van der Waals surface area contributed by atoms with Crippen LogP contribution in [-0.4, -0.2) is 12.6 Å². The fourth-order valence-electron chi connectivity index (χ4n) is 2.28. The van der Waals surface area contributed by atoms with Crippen LogP contribution in [0, 0.1) is 11.3 Å². The fourth-order valence-corrected chi connectivity index (χ4v) is 2.28. The van der Waals surface area contributed by atoms with Gasteiger partial charge < -0.3 is 5.32 Å². The molecule has 1 heteroatoms. The van der Waals surface area contributed by atoms with Crippen LogP contribution < -0.4 is 5.32 Å². The number of nitrogens with one attached hydrogen (secondary N) is 1. The van der Waals surface area contributed by atoms with Gasteiger partial charge in [-0.3, -0.25) is 0 Å². The third kappa shape index (κ3) is 3.61. The first-order chi connectivity index (χ1) is 6.53. The summed E-state index contributed by atoms with van der Waals surface area (Å²) in [5.74, 6) is 0.824. The highest BCUT2D eigenvalue weighted by atomic mass is 14.9. The topological polar surface area (TPSA) is 12.0 Å². The maximum absolute atomic E-state index is 3.68. The van der Waals surface area contributed by atoms with Gasteiger partial charge in [0.25, 0.3) is 0 Å². The zero-order valence-electron chi connectivity index (χ0n) is 11.0. The summed E-state index contributed by atoms with van der Waals surface area (Å²) in [7, 11) is 0. The Bertz CT molecular complexity index is 136. The molecule has 0 spiro atoms. The van der Waals surface area contributed by atoms with Crippen LogP contribution in [0.1, 0.15) is 60.8 Å². The van der Waals surface area contributed by atoms with Gasteiger partial charge in [-0.15, -0.1) is 0 Å². The largest absolute Gasteiger partial charge is 0.313 e. The Hall–Kier alpha value is -0.0400. The minimum atomic E-state index is 0.423. The SMILES string of the molecule is CCNC(C(CC)CC)C(C)(C)CC. The highest BCUT2D eigenvalue weighted by Crippen LogP contribution is 2.32. The minimum absolute atomic E-state index is 0.423. The van der Waals surface area contributed by atoms with E-state index in [1.54, 1.807) is 0 Å². The van der Waals surface area contributed by atoms with Crippen LogP contribution in [0.25, 0.3) is 0 Å². The molecule has 0 fully saturated rings. The van der Waals surface area contributed by atoms with Crippen molar-refractivity contribution in [3.05, 3.63) is 0 Å². The second-order valence-electron chi connectivity index (χ2n) is 4.95. The summed E-state index contributed by atoms with van der Waals surface area (Å²) in [6.07, 6.45) is 3.83. The first-order valence-corrected chi connectivity index (χ1v) is 6.26. The highest BCUT2D eigenvalue weighted by Gasteiger charge is 2.31. The van der Waals surface area contributed by atoms with Gasteiger partial charge in [-0.05, 0) is 24.3 Å². The standard InChI is InChI=1S/C13H29N/c1-7-11(8-2)12(14-10-4)13(5,6)9-3/h11-12,14H,7-10H2,1-6H3. The lowest BCUT2D eigenvalue weighted by Gasteiger charge is -2.39. The summed E-state index contributed by atoms with van der Waals surface area (Å²) in [5.41, 5.74) is 0.423. The van der Waals surface area contributed by atoms with Crippen LogP contribution in [0.5, 0.6) is 0 Å². The van der Waals surface area contributed by atoms with E-state index in [0.29, 0.717) is 11.5 Å². The van der Waals surface area contributed by atoms with Crippen LogP contribution >= 0.6 is 0 Å². The third-order valence-electron chi connectivity index (χ3n) is 3.70. The molecule has 1 nitrogen and oxygen atoms in total. The van der Waals surface area contributed by atoms with E-state index in [9.17, 15) is 0 Å². The molecule has 0 aliphatic rings. The molecule has 0 aliphatic heterocycles. The van der Waals surface area contributed by atoms with Gasteiger partial charge in [-0.2, -0.15) is 0 Å². The van der Waals surface area contributed by atoms with E-state index in [-0.39, 0.29) is 0 Å². The lowest BCUT2D eigenvalue weighted by Crippen LogP contribution is -2.46. The molecule has 0 rings (SSSR count). The van der Waals surface area contributed by atoms with Gasteiger partial charge in [0.05, 0.1) is 0 Å². The van der Waals surface area contributed by atoms with Crippen molar-refractivity contribution in [3.63, 3.8) is 0 Å². The molecular weight excluding hydrogens is 170 g/mol. The van der Waals surface area contributed by atoms with Crippen molar-refractivity contribution >= 4 is 0 Å². The minimum Gasteiger partial charge on any atom is -0.313 e. The maximum atomic E-state index is 3.68. The van der Waals surface area contributed by atoms with Crippen molar-refractivity contribution in [3.8, 4) is 0 Å². The molecule has 0 aliphatic carbocycles. The van der Waals surface area contributed by atoms with Crippen molar-refractivity contribution in [2.24, 2.45) is 11.3 Å². The van der Waals surface area contributed by atoms with E-state index in [0.717, 1.165) is 12.5 Å². The van der Waals surface area contributed by atoms with E-state index in [1.807, 2.05) is 0 Å². The Morgan fingerprint density at radius 2 is 1.50 bits per heavy atom. The smallest absolute Gasteiger partial charge is 0.0146 e. The van der Waals surface area contributed by atoms with Gasteiger partial charge in [0, 0.05) is 6.04 Å². The molecule has 1 N–H and O–H groups in total. The molecule has 0 amide bonds. The molecule has 0 saturated heterocycles. The Labute approximate surface area is 90.7 Å².